The van der Waals surface area contributed by atoms with E-state index in [0.717, 1.165) is 0 Å². The van der Waals surface area contributed by atoms with Crippen molar-refractivity contribution in [3.8, 4) is 23.0 Å². The molecule has 26 heavy (non-hydrogen) atoms. The van der Waals surface area contributed by atoms with Gasteiger partial charge < -0.3 is 24.8 Å². The van der Waals surface area contributed by atoms with Crippen LogP contribution < -0.4 is 9.47 Å². The molecule has 0 fully saturated rings. The maximum atomic E-state index is 11.5. The molecule has 0 spiro atoms. The molecule has 0 aromatic heterocycles. The fourth-order valence-electron chi connectivity index (χ4n) is 2.13. The lowest BCUT2D eigenvalue weighted by molar-refractivity contribution is 0.0901. The van der Waals surface area contributed by atoms with Crippen molar-refractivity contribution in [3.63, 3.8) is 0 Å². The van der Waals surface area contributed by atoms with Crippen molar-refractivity contribution < 1.29 is 29.6 Å². The Kier molecular flexibility index (Phi) is 6.29. The van der Waals surface area contributed by atoms with Crippen molar-refractivity contribution in [2.24, 2.45) is 10.2 Å². The number of phenols is 2. The number of hydrogen-bond acceptors (Lipinski definition) is 8. The van der Waals surface area contributed by atoms with Crippen LogP contribution in [0.3, 0.4) is 0 Å². The molecule has 2 rings (SSSR count). The third-order valence-electron chi connectivity index (χ3n) is 3.45. The highest BCUT2D eigenvalue weighted by atomic mass is 16.5. The maximum Gasteiger partial charge on any atom is 0.200 e. The Morgan fingerprint density at radius 3 is 2.12 bits per heavy atom. The number of rotatable bonds is 7. The highest BCUT2D eigenvalue weighted by Gasteiger charge is 2.11. The molecular weight excluding hydrogens is 340 g/mol. The van der Waals surface area contributed by atoms with Crippen molar-refractivity contribution in [1.82, 2.24) is 0 Å². The van der Waals surface area contributed by atoms with E-state index < -0.39 is 12.4 Å². The summed E-state index contributed by atoms with van der Waals surface area (Å²) >= 11 is 0. The van der Waals surface area contributed by atoms with E-state index >= 15 is 0 Å². The summed E-state index contributed by atoms with van der Waals surface area (Å²) in [6.07, 6.45) is 2.82. The Balaban J connectivity index is 2.19. The fraction of sp³-hybridized carbons (Fsp3) is 0.167. The largest absolute Gasteiger partial charge is 0.507 e. The molecule has 0 saturated heterocycles. The lowest BCUT2D eigenvalue weighted by atomic mass is 10.1. The van der Waals surface area contributed by atoms with E-state index in [1.165, 1.54) is 38.8 Å². The maximum absolute atomic E-state index is 11.5. The molecule has 0 atom stereocenters. The van der Waals surface area contributed by atoms with Crippen molar-refractivity contribution >= 4 is 18.2 Å². The van der Waals surface area contributed by atoms with Gasteiger partial charge in [0.25, 0.3) is 0 Å². The van der Waals surface area contributed by atoms with E-state index in [4.69, 9.17) is 14.6 Å². The van der Waals surface area contributed by atoms with Gasteiger partial charge in [0.1, 0.15) is 12.4 Å². The second-order valence-corrected chi connectivity index (χ2v) is 5.12. The van der Waals surface area contributed by atoms with E-state index in [1.54, 1.807) is 18.2 Å². The van der Waals surface area contributed by atoms with Crippen LogP contribution in [0.15, 0.2) is 40.5 Å². The van der Waals surface area contributed by atoms with E-state index in [-0.39, 0.29) is 28.6 Å². The van der Waals surface area contributed by atoms with E-state index in [9.17, 15) is 15.0 Å². The summed E-state index contributed by atoms with van der Waals surface area (Å²) in [6, 6.07) is 7.42. The third-order valence-corrected chi connectivity index (χ3v) is 3.45. The zero-order chi connectivity index (χ0) is 19.1. The van der Waals surface area contributed by atoms with Gasteiger partial charge in [-0.2, -0.15) is 10.2 Å². The van der Waals surface area contributed by atoms with E-state index in [0.29, 0.717) is 11.1 Å². The van der Waals surface area contributed by atoms with Crippen molar-refractivity contribution in [2.75, 3.05) is 20.8 Å². The first-order valence-electron chi connectivity index (χ1n) is 7.48. The average molecular weight is 358 g/mol. The highest BCUT2D eigenvalue weighted by molar-refractivity contribution is 6.00. The Morgan fingerprint density at radius 1 is 1.00 bits per heavy atom. The molecule has 0 unspecified atom stereocenters. The lowest BCUT2D eigenvalue weighted by Crippen LogP contribution is -2.05. The van der Waals surface area contributed by atoms with Gasteiger partial charge in [0.15, 0.2) is 17.3 Å². The van der Waals surface area contributed by atoms with Gasteiger partial charge >= 0.3 is 0 Å². The van der Waals surface area contributed by atoms with Crippen LogP contribution in [0.4, 0.5) is 0 Å². The van der Waals surface area contributed by atoms with Crippen LogP contribution >= 0.6 is 0 Å². The number of carbonyl (C=O) groups is 1. The minimum atomic E-state index is -0.698. The van der Waals surface area contributed by atoms with Crippen LogP contribution in [-0.2, 0) is 0 Å². The normalized spacial score (nSPS) is 11.2. The number of nitrogens with zero attached hydrogens (tertiary/aromatic N) is 2. The molecule has 0 amide bonds. The summed E-state index contributed by atoms with van der Waals surface area (Å²) in [7, 11) is 2.84. The second-order valence-electron chi connectivity index (χ2n) is 5.12. The molecule has 3 N–H and O–H groups in total. The number of phenolic OH excluding ortho intramolecular Hbond substituents is 2. The van der Waals surface area contributed by atoms with Gasteiger partial charge in [0, 0.05) is 5.56 Å². The van der Waals surface area contributed by atoms with Crippen LogP contribution in [0.5, 0.6) is 23.0 Å². The molecule has 0 aliphatic heterocycles. The standard InChI is InChI=1S/C18H18N2O6/c1-25-16-6-12(7-17(26-2)18(16)24)9-20-19-8-11-3-4-14(22)13(5-11)15(23)10-21/h3-9,21-22,24H,10H2,1-2H3. The van der Waals surface area contributed by atoms with Crippen LogP contribution in [0.2, 0.25) is 0 Å². The number of aliphatic hydroxyl groups is 1. The van der Waals surface area contributed by atoms with Crippen molar-refractivity contribution in [1.29, 1.82) is 0 Å². The van der Waals surface area contributed by atoms with Gasteiger partial charge in [0.2, 0.25) is 5.75 Å². The van der Waals surface area contributed by atoms with Crippen molar-refractivity contribution in [2.45, 2.75) is 0 Å². The van der Waals surface area contributed by atoms with E-state index in [2.05, 4.69) is 10.2 Å². The molecule has 0 radical (unpaired) electrons. The monoisotopic (exact) mass is 358 g/mol. The Bertz CT molecular complexity index is 836. The Labute approximate surface area is 149 Å². The topological polar surface area (TPSA) is 121 Å². The minimum absolute atomic E-state index is 0.00781. The number of methoxy groups -OCH3 is 2. The molecule has 8 heteroatoms. The predicted molar refractivity (Wildman–Crippen MR) is 95.9 cm³/mol. The van der Waals surface area contributed by atoms with Gasteiger partial charge in [-0.05, 0) is 35.9 Å². The number of benzene rings is 2. The van der Waals surface area contributed by atoms with Gasteiger partial charge in [-0.3, -0.25) is 4.79 Å². The third kappa shape index (κ3) is 4.37. The molecule has 0 aliphatic carbocycles. The first-order valence-corrected chi connectivity index (χ1v) is 7.48. The highest BCUT2D eigenvalue weighted by Crippen LogP contribution is 2.36. The summed E-state index contributed by atoms with van der Waals surface area (Å²) in [5, 5.41) is 36.1. The average Bonchev–Trinajstić information content (AvgIpc) is 2.66. The number of aliphatic hydroxyl groups excluding tert-OH is 1. The molecular formula is C18H18N2O6. The Morgan fingerprint density at radius 2 is 1.58 bits per heavy atom. The zero-order valence-electron chi connectivity index (χ0n) is 14.2. The number of aromatic hydroxyl groups is 2. The van der Waals surface area contributed by atoms with Gasteiger partial charge in [-0.25, -0.2) is 0 Å². The number of ketones is 1. The second kappa shape index (κ2) is 8.63. The molecule has 2 aromatic carbocycles. The number of hydrogen-bond donors (Lipinski definition) is 3. The van der Waals surface area contributed by atoms with Crippen LogP contribution in [0.1, 0.15) is 21.5 Å². The SMILES string of the molecule is COc1cc(C=NN=Cc2ccc(O)c(C(=O)CO)c2)cc(OC)c1O. The molecule has 2 aromatic rings. The lowest BCUT2D eigenvalue weighted by Gasteiger charge is -2.08. The number of carbonyl (C=O) groups excluding carboxylic acids is 1. The molecule has 136 valence electrons. The van der Waals surface area contributed by atoms with Crippen LogP contribution in [0.25, 0.3) is 0 Å². The Hall–Kier alpha value is -3.39. The smallest absolute Gasteiger partial charge is 0.200 e. The van der Waals surface area contributed by atoms with Crippen molar-refractivity contribution in [3.05, 3.63) is 47.0 Å². The number of ether oxygens (including phenoxy) is 2. The molecule has 8 nitrogen and oxygen atoms in total. The first kappa shape index (κ1) is 18.9. The summed E-state index contributed by atoms with van der Waals surface area (Å²) < 4.78 is 10.1. The molecule has 0 heterocycles. The minimum Gasteiger partial charge on any atom is -0.507 e. The fourth-order valence-corrected chi connectivity index (χ4v) is 2.13. The summed E-state index contributed by atoms with van der Waals surface area (Å²) in [4.78, 5) is 11.5. The zero-order valence-corrected chi connectivity index (χ0v) is 14.2. The van der Waals surface area contributed by atoms with Crippen LogP contribution in [0, 0.1) is 0 Å². The molecule has 0 bridgehead atoms. The first-order chi connectivity index (χ1) is 12.5. The van der Waals surface area contributed by atoms with Gasteiger partial charge in [-0.15, -0.1) is 0 Å². The summed E-state index contributed by atoms with van der Waals surface area (Å²) in [5.41, 5.74) is 1.13. The van der Waals surface area contributed by atoms with E-state index in [1.807, 2.05) is 0 Å². The number of Topliss-reactive ketones (excluding diaryl/α,β-unsaturated/α-hetero) is 1. The predicted octanol–water partition coefficient (Wildman–Crippen LogP) is 1.74. The molecule has 0 saturated carbocycles. The summed E-state index contributed by atoms with van der Waals surface area (Å²) in [5.74, 6) is -0.445. The van der Waals surface area contributed by atoms with Crippen LogP contribution in [-0.4, -0.2) is 54.4 Å². The summed E-state index contributed by atoms with van der Waals surface area (Å²) in [6.45, 7) is -0.698. The van der Waals surface area contributed by atoms with Gasteiger partial charge in [-0.1, -0.05) is 0 Å². The van der Waals surface area contributed by atoms with Gasteiger partial charge in [0.05, 0.1) is 32.2 Å². The quantitative estimate of drug-likeness (QED) is 0.394. The molecule has 0 aliphatic rings.